The zero-order valence-electron chi connectivity index (χ0n) is 10.6. The molecule has 0 aliphatic heterocycles. The Morgan fingerprint density at radius 3 is 2.94 bits per heavy atom. The molecule has 4 heteroatoms. The quantitative estimate of drug-likeness (QED) is 0.778. The highest BCUT2D eigenvalue weighted by Crippen LogP contribution is 2.04. The molecule has 0 aliphatic carbocycles. The lowest BCUT2D eigenvalue weighted by molar-refractivity contribution is -0.121. The second kappa shape index (κ2) is 7.01. The first-order valence-electron chi connectivity index (χ1n) is 6.07. The molecule has 1 heterocycles. The second-order valence-electron chi connectivity index (χ2n) is 4.23. The van der Waals surface area contributed by atoms with Crippen LogP contribution in [-0.2, 0) is 11.2 Å². The van der Waals surface area contributed by atoms with Crippen LogP contribution in [-0.4, -0.2) is 23.5 Å². The molecule has 1 unspecified atom stereocenters. The summed E-state index contributed by atoms with van der Waals surface area (Å²) in [5, 5.41) is 2.94. The van der Waals surface area contributed by atoms with Crippen LogP contribution in [0.25, 0.3) is 0 Å². The Bertz CT molecular complexity index is 365. The average molecular weight is 235 g/mol. The van der Waals surface area contributed by atoms with Gasteiger partial charge in [0.15, 0.2) is 0 Å². The van der Waals surface area contributed by atoms with E-state index in [1.54, 1.807) is 6.20 Å². The summed E-state index contributed by atoms with van der Waals surface area (Å²) < 4.78 is 0. The van der Waals surface area contributed by atoms with E-state index in [4.69, 9.17) is 5.73 Å². The lowest BCUT2D eigenvalue weighted by Crippen LogP contribution is -2.40. The molecule has 1 aromatic rings. The molecule has 0 aliphatic rings. The van der Waals surface area contributed by atoms with Crippen molar-refractivity contribution in [3.63, 3.8) is 0 Å². The van der Waals surface area contributed by atoms with Gasteiger partial charge in [0.25, 0.3) is 0 Å². The molecule has 0 bridgehead atoms. The number of nitrogens with zero attached hydrogens (tertiary/aromatic N) is 1. The van der Waals surface area contributed by atoms with Gasteiger partial charge in [-0.1, -0.05) is 19.4 Å². The normalized spacial score (nSPS) is 12.2. The van der Waals surface area contributed by atoms with Crippen LogP contribution in [0, 0.1) is 6.92 Å². The fourth-order valence-corrected chi connectivity index (χ4v) is 1.73. The monoisotopic (exact) mass is 235 g/mol. The van der Waals surface area contributed by atoms with Crippen molar-refractivity contribution in [3.8, 4) is 0 Å². The van der Waals surface area contributed by atoms with E-state index >= 15 is 0 Å². The number of aromatic nitrogens is 1. The van der Waals surface area contributed by atoms with E-state index in [1.165, 1.54) is 0 Å². The molecule has 3 N–H and O–H groups in total. The van der Waals surface area contributed by atoms with Crippen molar-refractivity contribution in [1.29, 1.82) is 0 Å². The maximum absolute atomic E-state index is 11.8. The van der Waals surface area contributed by atoms with Crippen molar-refractivity contribution < 1.29 is 4.79 Å². The first kappa shape index (κ1) is 13.6. The van der Waals surface area contributed by atoms with E-state index < -0.39 is 0 Å². The van der Waals surface area contributed by atoms with Gasteiger partial charge < -0.3 is 11.1 Å². The van der Waals surface area contributed by atoms with Gasteiger partial charge in [-0.3, -0.25) is 9.78 Å². The molecule has 0 fully saturated rings. The summed E-state index contributed by atoms with van der Waals surface area (Å²) in [5.74, 6) is -0.00398. The number of nitrogens with one attached hydrogen (secondary N) is 1. The van der Waals surface area contributed by atoms with Gasteiger partial charge in [0.2, 0.25) is 5.91 Å². The topological polar surface area (TPSA) is 68.0 Å². The summed E-state index contributed by atoms with van der Waals surface area (Å²) in [4.78, 5) is 16.0. The fraction of sp³-hybridized carbons (Fsp3) is 0.538. The van der Waals surface area contributed by atoms with Gasteiger partial charge in [0.05, 0.1) is 12.1 Å². The fourth-order valence-electron chi connectivity index (χ4n) is 1.73. The van der Waals surface area contributed by atoms with Gasteiger partial charge in [0.1, 0.15) is 0 Å². The smallest absolute Gasteiger partial charge is 0.226 e. The summed E-state index contributed by atoms with van der Waals surface area (Å²) in [7, 11) is 0. The van der Waals surface area contributed by atoms with Crippen molar-refractivity contribution in [1.82, 2.24) is 10.3 Å². The molecule has 94 valence electrons. The number of amides is 1. The lowest BCUT2D eigenvalue weighted by atomic mass is 10.1. The molecule has 1 atom stereocenters. The summed E-state index contributed by atoms with van der Waals surface area (Å²) in [5.41, 5.74) is 7.47. The minimum absolute atomic E-state index is 0.00398. The summed E-state index contributed by atoms with van der Waals surface area (Å²) >= 11 is 0. The number of carbonyl (C=O) groups is 1. The molecule has 0 aromatic carbocycles. The van der Waals surface area contributed by atoms with Crippen LogP contribution in [0.5, 0.6) is 0 Å². The average Bonchev–Trinajstić information content (AvgIpc) is 2.31. The van der Waals surface area contributed by atoms with Crippen molar-refractivity contribution in [2.45, 2.75) is 39.2 Å². The zero-order chi connectivity index (χ0) is 12.7. The third-order valence-electron chi connectivity index (χ3n) is 2.73. The third kappa shape index (κ3) is 4.53. The van der Waals surface area contributed by atoms with Gasteiger partial charge >= 0.3 is 0 Å². The number of aryl methyl sites for hydroxylation is 1. The SMILES string of the molecule is CCCC(CN)NC(=O)Cc1ncccc1C. The molecular formula is C13H21N3O. The lowest BCUT2D eigenvalue weighted by Gasteiger charge is -2.16. The van der Waals surface area contributed by atoms with Gasteiger partial charge in [-0.15, -0.1) is 0 Å². The Morgan fingerprint density at radius 2 is 2.35 bits per heavy atom. The van der Waals surface area contributed by atoms with Crippen LogP contribution in [0.3, 0.4) is 0 Å². The standard InChI is InChI=1S/C13H21N3O/c1-3-5-11(9-14)16-13(17)8-12-10(2)6-4-7-15-12/h4,6-7,11H,3,5,8-9,14H2,1-2H3,(H,16,17). The molecule has 0 radical (unpaired) electrons. The Hall–Kier alpha value is -1.42. The molecule has 0 saturated carbocycles. The Kier molecular flexibility index (Phi) is 5.63. The summed E-state index contributed by atoms with van der Waals surface area (Å²) in [6, 6.07) is 3.91. The summed E-state index contributed by atoms with van der Waals surface area (Å²) in [6.07, 6.45) is 3.98. The predicted octanol–water partition coefficient (Wildman–Crippen LogP) is 1.18. The highest BCUT2D eigenvalue weighted by molar-refractivity contribution is 5.78. The van der Waals surface area contributed by atoms with E-state index in [0.29, 0.717) is 13.0 Å². The number of hydrogen-bond acceptors (Lipinski definition) is 3. The van der Waals surface area contributed by atoms with E-state index in [9.17, 15) is 4.79 Å². The number of hydrogen-bond donors (Lipinski definition) is 2. The molecule has 4 nitrogen and oxygen atoms in total. The van der Waals surface area contributed by atoms with Crippen molar-refractivity contribution in [2.24, 2.45) is 5.73 Å². The number of rotatable bonds is 6. The zero-order valence-corrected chi connectivity index (χ0v) is 10.6. The van der Waals surface area contributed by atoms with Crippen LogP contribution in [0.15, 0.2) is 18.3 Å². The minimum Gasteiger partial charge on any atom is -0.352 e. The third-order valence-corrected chi connectivity index (χ3v) is 2.73. The molecule has 1 aromatic heterocycles. The Labute approximate surface area is 103 Å². The maximum Gasteiger partial charge on any atom is 0.226 e. The molecule has 0 spiro atoms. The summed E-state index contributed by atoms with van der Waals surface area (Å²) in [6.45, 7) is 4.53. The van der Waals surface area contributed by atoms with Crippen molar-refractivity contribution >= 4 is 5.91 Å². The number of pyridine rings is 1. The van der Waals surface area contributed by atoms with E-state index in [2.05, 4.69) is 17.2 Å². The molecular weight excluding hydrogens is 214 g/mol. The Balaban J connectivity index is 2.52. The van der Waals surface area contributed by atoms with Gasteiger partial charge in [-0.2, -0.15) is 0 Å². The van der Waals surface area contributed by atoms with Crippen LogP contribution in [0.2, 0.25) is 0 Å². The highest BCUT2D eigenvalue weighted by Gasteiger charge is 2.11. The first-order valence-corrected chi connectivity index (χ1v) is 6.07. The molecule has 1 amide bonds. The predicted molar refractivity (Wildman–Crippen MR) is 68.6 cm³/mol. The van der Waals surface area contributed by atoms with Crippen molar-refractivity contribution in [2.75, 3.05) is 6.54 Å². The van der Waals surface area contributed by atoms with Gasteiger partial charge in [-0.05, 0) is 25.0 Å². The Morgan fingerprint density at radius 1 is 1.59 bits per heavy atom. The molecule has 0 saturated heterocycles. The minimum atomic E-state index is -0.00398. The van der Waals surface area contributed by atoms with Gasteiger partial charge in [-0.25, -0.2) is 0 Å². The molecule has 17 heavy (non-hydrogen) atoms. The number of carbonyl (C=O) groups excluding carboxylic acids is 1. The van der Waals surface area contributed by atoms with Crippen LogP contribution in [0.4, 0.5) is 0 Å². The van der Waals surface area contributed by atoms with E-state index in [-0.39, 0.29) is 11.9 Å². The maximum atomic E-state index is 11.8. The van der Waals surface area contributed by atoms with E-state index in [1.807, 2.05) is 19.1 Å². The first-order chi connectivity index (χ1) is 8.17. The van der Waals surface area contributed by atoms with Crippen LogP contribution >= 0.6 is 0 Å². The van der Waals surface area contributed by atoms with Crippen molar-refractivity contribution in [3.05, 3.63) is 29.6 Å². The van der Waals surface area contributed by atoms with Crippen LogP contribution in [0.1, 0.15) is 31.0 Å². The van der Waals surface area contributed by atoms with E-state index in [0.717, 1.165) is 24.1 Å². The van der Waals surface area contributed by atoms with Crippen LogP contribution < -0.4 is 11.1 Å². The largest absolute Gasteiger partial charge is 0.352 e. The second-order valence-corrected chi connectivity index (χ2v) is 4.23. The van der Waals surface area contributed by atoms with Gasteiger partial charge in [0, 0.05) is 18.8 Å². The molecule has 1 rings (SSSR count). The number of nitrogens with two attached hydrogens (primary N) is 1. The highest BCUT2D eigenvalue weighted by atomic mass is 16.1.